The monoisotopic (exact) mass is 338 g/mol. The molecule has 2 aromatic carbocycles. The highest BCUT2D eigenvalue weighted by atomic mass is 16.7. The molecule has 0 radical (unpaired) electrons. The summed E-state index contributed by atoms with van der Waals surface area (Å²) < 4.78 is 28.2. The average molecular weight is 338 g/mol. The second kappa shape index (κ2) is 4.92. The van der Waals surface area contributed by atoms with Crippen LogP contribution >= 0.6 is 0 Å². The molecule has 6 heteroatoms. The molecular formula is C19H14O6. The van der Waals surface area contributed by atoms with E-state index in [2.05, 4.69) is 0 Å². The summed E-state index contributed by atoms with van der Waals surface area (Å²) in [6.45, 7) is 0. The van der Waals surface area contributed by atoms with Crippen LogP contribution in [0.4, 0.5) is 0 Å². The van der Waals surface area contributed by atoms with E-state index < -0.39 is 6.29 Å². The van der Waals surface area contributed by atoms with E-state index in [1.807, 2.05) is 6.08 Å². The number of rotatable bonds is 2. The Morgan fingerprint density at radius 2 is 1.92 bits per heavy atom. The SMILES string of the molecule is COc1cccc2oc3c4c(cc(OC)c3c(=O)c12)O[C@H]1OC=C[C@H]41. The first kappa shape index (κ1) is 14.2. The molecule has 126 valence electrons. The van der Waals surface area contributed by atoms with Crippen molar-refractivity contribution in [2.75, 3.05) is 14.2 Å². The molecule has 2 aliphatic rings. The lowest BCUT2D eigenvalue weighted by atomic mass is 9.97. The molecule has 0 spiro atoms. The van der Waals surface area contributed by atoms with Crippen molar-refractivity contribution in [3.63, 3.8) is 0 Å². The van der Waals surface area contributed by atoms with Gasteiger partial charge >= 0.3 is 0 Å². The molecule has 25 heavy (non-hydrogen) atoms. The van der Waals surface area contributed by atoms with Gasteiger partial charge in [-0.2, -0.15) is 0 Å². The number of hydrogen-bond acceptors (Lipinski definition) is 6. The van der Waals surface area contributed by atoms with Gasteiger partial charge in [0.15, 0.2) is 0 Å². The molecule has 0 N–H and O–H groups in total. The Kier molecular flexibility index (Phi) is 2.80. The van der Waals surface area contributed by atoms with Crippen LogP contribution in [0.3, 0.4) is 0 Å². The lowest BCUT2D eigenvalue weighted by Crippen LogP contribution is -2.14. The summed E-state index contributed by atoms with van der Waals surface area (Å²) in [5, 5.41) is 0.771. The molecule has 0 amide bonds. The van der Waals surface area contributed by atoms with Gasteiger partial charge in [0.05, 0.1) is 32.0 Å². The zero-order chi connectivity index (χ0) is 17.1. The third-order valence-electron chi connectivity index (χ3n) is 4.71. The van der Waals surface area contributed by atoms with Crippen LogP contribution in [0, 0.1) is 0 Å². The molecule has 0 fully saturated rings. The third-order valence-corrected chi connectivity index (χ3v) is 4.71. The number of ether oxygens (including phenoxy) is 4. The predicted molar refractivity (Wildman–Crippen MR) is 90.5 cm³/mol. The molecule has 0 aliphatic carbocycles. The first-order valence-corrected chi connectivity index (χ1v) is 7.86. The second-order valence-corrected chi connectivity index (χ2v) is 5.94. The lowest BCUT2D eigenvalue weighted by molar-refractivity contribution is -0.00484. The largest absolute Gasteiger partial charge is 0.496 e. The van der Waals surface area contributed by atoms with Crippen LogP contribution < -0.4 is 19.6 Å². The first-order chi connectivity index (χ1) is 12.2. The minimum Gasteiger partial charge on any atom is -0.496 e. The van der Waals surface area contributed by atoms with E-state index in [0.29, 0.717) is 39.2 Å². The fourth-order valence-corrected chi connectivity index (χ4v) is 3.59. The van der Waals surface area contributed by atoms with Crippen molar-refractivity contribution < 1.29 is 23.4 Å². The van der Waals surface area contributed by atoms with Gasteiger partial charge in [-0.15, -0.1) is 0 Å². The highest BCUT2D eigenvalue weighted by molar-refractivity contribution is 5.98. The molecule has 2 atom stereocenters. The fourth-order valence-electron chi connectivity index (χ4n) is 3.59. The molecule has 3 aromatic rings. The van der Waals surface area contributed by atoms with Gasteiger partial charge in [-0.25, -0.2) is 0 Å². The molecule has 0 bridgehead atoms. The normalized spacial score (nSPS) is 20.2. The topological polar surface area (TPSA) is 67.1 Å². The maximum Gasteiger partial charge on any atom is 0.250 e. The van der Waals surface area contributed by atoms with Crippen molar-refractivity contribution in [3.05, 3.63) is 52.4 Å². The first-order valence-electron chi connectivity index (χ1n) is 7.86. The van der Waals surface area contributed by atoms with Crippen molar-refractivity contribution in [1.29, 1.82) is 0 Å². The van der Waals surface area contributed by atoms with E-state index in [0.717, 1.165) is 5.56 Å². The third kappa shape index (κ3) is 1.76. The second-order valence-electron chi connectivity index (χ2n) is 5.94. The highest BCUT2D eigenvalue weighted by Crippen LogP contribution is 2.48. The van der Waals surface area contributed by atoms with Crippen LogP contribution in [0.2, 0.25) is 0 Å². The number of benzene rings is 2. The smallest absolute Gasteiger partial charge is 0.250 e. The summed E-state index contributed by atoms with van der Waals surface area (Å²) in [6, 6.07) is 6.98. The van der Waals surface area contributed by atoms with Crippen molar-refractivity contribution in [1.82, 2.24) is 0 Å². The van der Waals surface area contributed by atoms with E-state index in [-0.39, 0.29) is 11.3 Å². The molecule has 0 unspecified atom stereocenters. The Morgan fingerprint density at radius 1 is 1.08 bits per heavy atom. The summed E-state index contributed by atoms with van der Waals surface area (Å²) in [4.78, 5) is 13.2. The van der Waals surface area contributed by atoms with Crippen LogP contribution in [0.25, 0.3) is 21.9 Å². The van der Waals surface area contributed by atoms with Crippen molar-refractivity contribution >= 4 is 21.9 Å². The molecular weight excluding hydrogens is 324 g/mol. The van der Waals surface area contributed by atoms with Crippen molar-refractivity contribution in [2.45, 2.75) is 12.2 Å². The summed E-state index contributed by atoms with van der Waals surface area (Å²) in [5.74, 6) is 1.36. The minimum absolute atomic E-state index is 0.116. The zero-order valence-electron chi connectivity index (χ0n) is 13.6. The van der Waals surface area contributed by atoms with Crippen LogP contribution in [-0.2, 0) is 4.74 Å². The Labute approximate surface area is 142 Å². The highest BCUT2D eigenvalue weighted by Gasteiger charge is 2.40. The van der Waals surface area contributed by atoms with Crippen LogP contribution in [0.15, 0.2) is 45.8 Å². The number of hydrogen-bond donors (Lipinski definition) is 0. The molecule has 3 heterocycles. The predicted octanol–water partition coefficient (Wildman–Crippen LogP) is 3.31. The van der Waals surface area contributed by atoms with Gasteiger partial charge in [-0.1, -0.05) is 6.07 Å². The van der Waals surface area contributed by atoms with E-state index in [4.69, 9.17) is 23.4 Å². The quantitative estimate of drug-likeness (QED) is 0.668. The number of methoxy groups -OCH3 is 2. The summed E-state index contributed by atoms with van der Waals surface area (Å²) in [5.41, 5.74) is 1.53. The summed E-state index contributed by atoms with van der Waals surface area (Å²) in [7, 11) is 3.04. The molecule has 2 aliphatic heterocycles. The van der Waals surface area contributed by atoms with Gasteiger partial charge in [0.2, 0.25) is 5.43 Å². The molecule has 1 aromatic heterocycles. The van der Waals surface area contributed by atoms with E-state index in [1.54, 1.807) is 30.5 Å². The van der Waals surface area contributed by atoms with Gasteiger partial charge < -0.3 is 23.4 Å². The Morgan fingerprint density at radius 3 is 2.72 bits per heavy atom. The fraction of sp³-hybridized carbons (Fsp3) is 0.211. The van der Waals surface area contributed by atoms with Gasteiger partial charge in [-0.05, 0) is 18.2 Å². The van der Waals surface area contributed by atoms with Gasteiger partial charge in [0.25, 0.3) is 6.29 Å². The zero-order valence-corrected chi connectivity index (χ0v) is 13.6. The van der Waals surface area contributed by atoms with Crippen LogP contribution in [0.5, 0.6) is 17.2 Å². The standard InChI is InChI=1S/C19H14O6/c1-21-10-4-3-5-11-15(10)17(20)16-12(22-2)8-13-14(18(16)24-11)9-6-7-23-19(9)25-13/h3-9,19H,1-2H3/t9-,19-/m1/s1. The van der Waals surface area contributed by atoms with Gasteiger partial charge in [0.1, 0.15) is 39.2 Å². The molecule has 0 saturated carbocycles. The Hall–Kier alpha value is -3.15. The van der Waals surface area contributed by atoms with E-state index >= 15 is 0 Å². The van der Waals surface area contributed by atoms with Crippen molar-refractivity contribution in [3.8, 4) is 17.2 Å². The maximum atomic E-state index is 13.2. The molecule has 5 rings (SSSR count). The molecule has 0 saturated heterocycles. The van der Waals surface area contributed by atoms with E-state index in [1.165, 1.54) is 14.2 Å². The average Bonchev–Trinajstić information content (AvgIpc) is 3.20. The summed E-state index contributed by atoms with van der Waals surface area (Å²) in [6.07, 6.45) is 3.07. The van der Waals surface area contributed by atoms with Crippen LogP contribution in [0.1, 0.15) is 11.5 Å². The number of fused-ring (bicyclic) bond motifs is 6. The maximum absolute atomic E-state index is 13.2. The summed E-state index contributed by atoms with van der Waals surface area (Å²) >= 11 is 0. The lowest BCUT2D eigenvalue weighted by Gasteiger charge is -2.12. The van der Waals surface area contributed by atoms with E-state index in [9.17, 15) is 4.79 Å². The molecule has 6 nitrogen and oxygen atoms in total. The minimum atomic E-state index is -0.434. The van der Waals surface area contributed by atoms with Crippen molar-refractivity contribution in [2.24, 2.45) is 0 Å². The van der Waals surface area contributed by atoms with Crippen LogP contribution in [-0.4, -0.2) is 20.5 Å². The van der Waals surface area contributed by atoms with Gasteiger partial charge in [0, 0.05) is 6.07 Å². The Balaban J connectivity index is 1.98. The Bertz CT molecular complexity index is 1110. The van der Waals surface area contributed by atoms with Gasteiger partial charge in [-0.3, -0.25) is 4.79 Å².